The van der Waals surface area contributed by atoms with Gasteiger partial charge in [0.05, 0.1) is 6.61 Å². The summed E-state index contributed by atoms with van der Waals surface area (Å²) < 4.78 is 11.3. The minimum atomic E-state index is 0.0429. The van der Waals surface area contributed by atoms with Crippen molar-refractivity contribution in [1.29, 1.82) is 0 Å². The van der Waals surface area contributed by atoms with E-state index >= 15 is 0 Å². The van der Waals surface area contributed by atoms with E-state index in [0.29, 0.717) is 0 Å². The van der Waals surface area contributed by atoms with Gasteiger partial charge in [0.2, 0.25) is 0 Å². The van der Waals surface area contributed by atoms with Crippen molar-refractivity contribution < 1.29 is 9.47 Å². The number of ether oxygens (including phenoxy) is 2. The zero-order valence-corrected chi connectivity index (χ0v) is 12.6. The molecule has 1 atom stereocenters. The normalized spacial score (nSPS) is 20.5. The molecule has 108 valence electrons. The summed E-state index contributed by atoms with van der Waals surface area (Å²) >= 11 is 1.82. The van der Waals surface area contributed by atoms with Crippen molar-refractivity contribution in [3.63, 3.8) is 0 Å². The standard InChI is InChI=1S/C13H28N2O2S/c1-3-7-15(11-14-12-18-2)8-10-17-13-6-4-5-9-16-13/h13-14H,3-12H2,1-2H3. The summed E-state index contributed by atoms with van der Waals surface area (Å²) in [5.41, 5.74) is 0. The molecular weight excluding hydrogens is 248 g/mol. The second-order valence-electron chi connectivity index (χ2n) is 4.63. The van der Waals surface area contributed by atoms with Crippen LogP contribution in [0, 0.1) is 0 Å². The van der Waals surface area contributed by atoms with Gasteiger partial charge >= 0.3 is 0 Å². The lowest BCUT2D eigenvalue weighted by atomic mass is 10.2. The Morgan fingerprint density at radius 3 is 2.94 bits per heavy atom. The zero-order chi connectivity index (χ0) is 13.1. The summed E-state index contributed by atoms with van der Waals surface area (Å²) in [4.78, 5) is 2.40. The number of rotatable bonds is 10. The molecule has 5 heteroatoms. The first-order valence-corrected chi connectivity index (χ1v) is 8.41. The van der Waals surface area contributed by atoms with Gasteiger partial charge in [-0.15, -0.1) is 11.8 Å². The van der Waals surface area contributed by atoms with Gasteiger partial charge < -0.3 is 9.47 Å². The van der Waals surface area contributed by atoms with Crippen LogP contribution in [0.3, 0.4) is 0 Å². The highest BCUT2D eigenvalue weighted by molar-refractivity contribution is 7.98. The Bertz CT molecular complexity index is 190. The third-order valence-corrected chi connectivity index (χ3v) is 3.46. The average Bonchev–Trinajstić information content (AvgIpc) is 2.40. The minimum Gasteiger partial charge on any atom is -0.353 e. The zero-order valence-electron chi connectivity index (χ0n) is 11.8. The molecule has 1 N–H and O–H groups in total. The maximum atomic E-state index is 5.77. The van der Waals surface area contributed by atoms with Crippen LogP contribution in [0.4, 0.5) is 0 Å². The lowest BCUT2D eigenvalue weighted by Crippen LogP contribution is -2.37. The number of hydrogen-bond donors (Lipinski definition) is 1. The first-order chi connectivity index (χ1) is 8.86. The summed E-state index contributed by atoms with van der Waals surface area (Å²) in [6, 6.07) is 0. The highest BCUT2D eigenvalue weighted by Crippen LogP contribution is 2.13. The van der Waals surface area contributed by atoms with Crippen molar-refractivity contribution in [2.75, 3.05) is 45.1 Å². The fourth-order valence-electron chi connectivity index (χ4n) is 2.05. The third kappa shape index (κ3) is 7.59. The van der Waals surface area contributed by atoms with Crippen molar-refractivity contribution in [2.45, 2.75) is 38.9 Å². The molecule has 1 saturated heterocycles. The van der Waals surface area contributed by atoms with Crippen LogP contribution in [0.1, 0.15) is 32.6 Å². The van der Waals surface area contributed by atoms with Crippen LogP contribution in [-0.2, 0) is 9.47 Å². The van der Waals surface area contributed by atoms with Crippen molar-refractivity contribution in [3.05, 3.63) is 0 Å². The summed E-state index contributed by atoms with van der Waals surface area (Å²) in [6.07, 6.45) is 6.81. The molecule has 0 aliphatic carbocycles. The molecule has 1 rings (SSSR count). The number of hydrogen-bond acceptors (Lipinski definition) is 5. The first-order valence-electron chi connectivity index (χ1n) is 7.02. The highest BCUT2D eigenvalue weighted by atomic mass is 32.2. The van der Waals surface area contributed by atoms with Gasteiger partial charge in [0, 0.05) is 25.7 Å². The van der Waals surface area contributed by atoms with Gasteiger partial charge in [0.15, 0.2) is 6.29 Å². The smallest absolute Gasteiger partial charge is 0.157 e. The van der Waals surface area contributed by atoms with Gasteiger partial charge in [0.25, 0.3) is 0 Å². The Hall–Kier alpha value is 0.190. The summed E-state index contributed by atoms with van der Waals surface area (Å²) in [6.45, 7) is 6.89. The van der Waals surface area contributed by atoms with E-state index in [0.717, 1.165) is 45.3 Å². The van der Waals surface area contributed by atoms with Crippen LogP contribution in [0.15, 0.2) is 0 Å². The van der Waals surface area contributed by atoms with Gasteiger partial charge in [-0.05, 0) is 38.5 Å². The topological polar surface area (TPSA) is 33.7 Å². The van der Waals surface area contributed by atoms with E-state index < -0.39 is 0 Å². The van der Waals surface area contributed by atoms with Gasteiger partial charge in [-0.3, -0.25) is 10.2 Å². The summed E-state index contributed by atoms with van der Waals surface area (Å²) in [5, 5.41) is 3.41. The van der Waals surface area contributed by atoms with E-state index in [4.69, 9.17) is 9.47 Å². The van der Waals surface area contributed by atoms with Gasteiger partial charge in [-0.2, -0.15) is 0 Å². The molecule has 0 amide bonds. The largest absolute Gasteiger partial charge is 0.353 e. The quantitative estimate of drug-likeness (QED) is 0.488. The van der Waals surface area contributed by atoms with E-state index in [9.17, 15) is 0 Å². The van der Waals surface area contributed by atoms with Crippen LogP contribution in [0.25, 0.3) is 0 Å². The first kappa shape index (κ1) is 16.2. The van der Waals surface area contributed by atoms with Gasteiger partial charge in [-0.1, -0.05) is 6.92 Å². The van der Waals surface area contributed by atoms with Crippen LogP contribution in [0.2, 0.25) is 0 Å². The molecule has 1 unspecified atom stereocenters. The predicted molar refractivity (Wildman–Crippen MR) is 77.8 cm³/mol. The monoisotopic (exact) mass is 276 g/mol. The second kappa shape index (κ2) is 11.1. The molecular formula is C13H28N2O2S. The van der Waals surface area contributed by atoms with E-state index in [2.05, 4.69) is 23.4 Å². The number of nitrogens with zero attached hydrogens (tertiary/aromatic N) is 1. The molecule has 18 heavy (non-hydrogen) atoms. The third-order valence-electron chi connectivity index (χ3n) is 2.97. The Labute approximate surface area is 116 Å². The highest BCUT2D eigenvalue weighted by Gasteiger charge is 2.14. The molecule has 0 aromatic heterocycles. The van der Waals surface area contributed by atoms with E-state index in [1.54, 1.807) is 0 Å². The number of nitrogens with one attached hydrogen (secondary N) is 1. The lowest BCUT2D eigenvalue weighted by Gasteiger charge is -2.26. The Morgan fingerprint density at radius 1 is 1.39 bits per heavy atom. The molecule has 1 heterocycles. The molecule has 0 aromatic carbocycles. The van der Waals surface area contributed by atoms with Crippen molar-refractivity contribution in [1.82, 2.24) is 10.2 Å². The summed E-state index contributed by atoms with van der Waals surface area (Å²) in [5.74, 6) is 1.01. The molecule has 0 spiro atoms. The van der Waals surface area contributed by atoms with Gasteiger partial charge in [-0.25, -0.2) is 0 Å². The van der Waals surface area contributed by atoms with E-state index in [-0.39, 0.29) is 6.29 Å². The fraction of sp³-hybridized carbons (Fsp3) is 1.00. The SMILES string of the molecule is CCCN(CCOC1CCCCO1)CNCSC. The van der Waals surface area contributed by atoms with Crippen LogP contribution in [-0.4, -0.2) is 56.3 Å². The van der Waals surface area contributed by atoms with Crippen molar-refractivity contribution in [2.24, 2.45) is 0 Å². The summed E-state index contributed by atoms with van der Waals surface area (Å²) in [7, 11) is 0. The Balaban J connectivity index is 2.07. The van der Waals surface area contributed by atoms with Crippen LogP contribution in [0.5, 0.6) is 0 Å². The predicted octanol–water partition coefficient (Wildman–Crippen LogP) is 2.11. The Kier molecular flexibility index (Phi) is 9.98. The molecule has 1 aliphatic rings. The van der Waals surface area contributed by atoms with E-state index in [1.165, 1.54) is 19.3 Å². The maximum absolute atomic E-state index is 5.77. The molecule has 0 aromatic rings. The Morgan fingerprint density at radius 2 is 2.28 bits per heavy atom. The molecule has 0 saturated carbocycles. The average molecular weight is 276 g/mol. The van der Waals surface area contributed by atoms with Crippen LogP contribution < -0.4 is 5.32 Å². The minimum absolute atomic E-state index is 0.0429. The van der Waals surface area contributed by atoms with Crippen molar-refractivity contribution in [3.8, 4) is 0 Å². The maximum Gasteiger partial charge on any atom is 0.157 e. The molecule has 1 aliphatic heterocycles. The van der Waals surface area contributed by atoms with Crippen molar-refractivity contribution >= 4 is 11.8 Å². The van der Waals surface area contributed by atoms with Gasteiger partial charge in [0.1, 0.15) is 0 Å². The molecule has 0 radical (unpaired) electrons. The second-order valence-corrected chi connectivity index (χ2v) is 5.49. The van der Waals surface area contributed by atoms with Crippen LogP contribution >= 0.6 is 11.8 Å². The molecule has 4 nitrogen and oxygen atoms in total. The number of thioether (sulfide) groups is 1. The fourth-order valence-corrected chi connectivity index (χ4v) is 2.34. The molecule has 1 fully saturated rings. The van der Waals surface area contributed by atoms with E-state index in [1.807, 2.05) is 11.8 Å². The lowest BCUT2D eigenvalue weighted by molar-refractivity contribution is -0.164. The molecule has 0 bridgehead atoms.